The Morgan fingerprint density at radius 1 is 1.11 bits per heavy atom. The Bertz CT molecular complexity index is 378. The molecular formula is C16H26N2O. The zero-order valence-electron chi connectivity index (χ0n) is 12.0. The fraction of sp³-hybridized carbons (Fsp3) is 0.938. The van der Waals surface area contributed by atoms with Gasteiger partial charge in [-0.25, -0.2) is 0 Å². The van der Waals surface area contributed by atoms with Crippen LogP contribution in [-0.2, 0) is 4.79 Å². The standard InChI is InChI=1S/C16H26N2O/c1-18(14(19)16(17)2-3-16)10-15-7-11-4-12(8-15)6-13(5-11)9-15/h11-13H,2-10,17H2,1H3. The van der Waals surface area contributed by atoms with Gasteiger partial charge in [-0.05, 0) is 74.5 Å². The number of amides is 1. The first-order chi connectivity index (χ1) is 8.98. The highest BCUT2D eigenvalue weighted by Crippen LogP contribution is 2.60. The van der Waals surface area contributed by atoms with Crippen LogP contribution in [0.1, 0.15) is 51.4 Å². The molecule has 5 fully saturated rings. The molecule has 5 aliphatic rings. The third kappa shape index (κ3) is 1.93. The molecule has 0 aromatic carbocycles. The van der Waals surface area contributed by atoms with Gasteiger partial charge in [-0.15, -0.1) is 0 Å². The van der Waals surface area contributed by atoms with Crippen molar-refractivity contribution in [3.05, 3.63) is 0 Å². The van der Waals surface area contributed by atoms with Crippen LogP contribution in [0.2, 0.25) is 0 Å². The zero-order chi connectivity index (χ0) is 13.3. The van der Waals surface area contributed by atoms with Crippen LogP contribution in [0.25, 0.3) is 0 Å². The van der Waals surface area contributed by atoms with Crippen molar-refractivity contribution >= 4 is 5.91 Å². The minimum atomic E-state index is -0.489. The first kappa shape index (κ1) is 12.2. The molecule has 0 radical (unpaired) electrons. The number of likely N-dealkylation sites (N-methyl/N-ethyl adjacent to an activating group) is 1. The lowest BCUT2D eigenvalue weighted by Crippen LogP contribution is -2.53. The lowest BCUT2D eigenvalue weighted by Gasteiger charge is -2.57. The Morgan fingerprint density at radius 2 is 1.58 bits per heavy atom. The second-order valence-electron chi connectivity index (χ2n) is 8.23. The molecule has 5 rings (SSSR count). The van der Waals surface area contributed by atoms with Crippen LogP contribution in [0.4, 0.5) is 0 Å². The number of rotatable bonds is 3. The molecule has 3 heteroatoms. The Kier molecular flexibility index (Phi) is 2.41. The molecule has 0 unspecified atom stereocenters. The van der Waals surface area contributed by atoms with Crippen LogP contribution >= 0.6 is 0 Å². The summed E-state index contributed by atoms with van der Waals surface area (Å²) < 4.78 is 0. The average molecular weight is 262 g/mol. The van der Waals surface area contributed by atoms with Crippen molar-refractivity contribution in [1.82, 2.24) is 4.90 Å². The van der Waals surface area contributed by atoms with Crippen molar-refractivity contribution in [2.24, 2.45) is 28.9 Å². The van der Waals surface area contributed by atoms with Crippen molar-refractivity contribution in [2.75, 3.05) is 13.6 Å². The molecule has 3 nitrogen and oxygen atoms in total. The molecule has 4 bridgehead atoms. The highest BCUT2D eigenvalue weighted by Gasteiger charge is 2.53. The summed E-state index contributed by atoms with van der Waals surface area (Å²) in [5.41, 5.74) is 6.03. The minimum absolute atomic E-state index is 0.197. The molecular weight excluding hydrogens is 236 g/mol. The fourth-order valence-electron chi connectivity index (χ4n) is 5.79. The second kappa shape index (κ2) is 3.75. The van der Waals surface area contributed by atoms with Crippen LogP contribution in [-0.4, -0.2) is 29.9 Å². The van der Waals surface area contributed by atoms with Gasteiger partial charge in [0.2, 0.25) is 5.91 Å². The van der Waals surface area contributed by atoms with Gasteiger partial charge in [0, 0.05) is 13.6 Å². The van der Waals surface area contributed by atoms with E-state index in [2.05, 4.69) is 0 Å². The van der Waals surface area contributed by atoms with Gasteiger partial charge in [-0.2, -0.15) is 0 Å². The van der Waals surface area contributed by atoms with Crippen molar-refractivity contribution in [1.29, 1.82) is 0 Å². The quantitative estimate of drug-likeness (QED) is 0.847. The summed E-state index contributed by atoms with van der Waals surface area (Å²) in [4.78, 5) is 14.3. The monoisotopic (exact) mass is 262 g/mol. The topological polar surface area (TPSA) is 46.3 Å². The summed E-state index contributed by atoms with van der Waals surface area (Å²) in [6, 6.07) is 0. The summed E-state index contributed by atoms with van der Waals surface area (Å²) in [7, 11) is 1.98. The van der Waals surface area contributed by atoms with Crippen LogP contribution in [0.5, 0.6) is 0 Å². The Labute approximate surface area is 115 Å². The van der Waals surface area contributed by atoms with Crippen LogP contribution < -0.4 is 5.73 Å². The molecule has 0 aromatic heterocycles. The van der Waals surface area contributed by atoms with Crippen molar-refractivity contribution < 1.29 is 4.79 Å². The van der Waals surface area contributed by atoms with Gasteiger partial charge in [0.15, 0.2) is 0 Å². The predicted molar refractivity (Wildman–Crippen MR) is 74.4 cm³/mol. The van der Waals surface area contributed by atoms with E-state index in [1.807, 2.05) is 11.9 Å². The highest BCUT2D eigenvalue weighted by molar-refractivity contribution is 5.88. The molecule has 5 saturated carbocycles. The lowest BCUT2D eigenvalue weighted by atomic mass is 9.49. The predicted octanol–water partition coefficient (Wildman–Crippen LogP) is 2.15. The third-order valence-corrected chi connectivity index (χ3v) is 6.30. The number of nitrogens with zero attached hydrogens (tertiary/aromatic N) is 1. The Hall–Kier alpha value is -0.570. The first-order valence-electron chi connectivity index (χ1n) is 8.03. The van der Waals surface area contributed by atoms with E-state index >= 15 is 0 Å². The molecule has 0 aliphatic heterocycles. The van der Waals surface area contributed by atoms with E-state index < -0.39 is 5.54 Å². The maximum atomic E-state index is 12.4. The van der Waals surface area contributed by atoms with E-state index in [0.29, 0.717) is 5.41 Å². The SMILES string of the molecule is CN(CC12CC3CC(CC(C3)C1)C2)C(=O)C1(N)CC1. The van der Waals surface area contributed by atoms with Gasteiger partial charge in [0.1, 0.15) is 0 Å². The maximum Gasteiger partial charge on any atom is 0.242 e. The molecule has 5 aliphatic carbocycles. The smallest absolute Gasteiger partial charge is 0.242 e. The fourth-order valence-corrected chi connectivity index (χ4v) is 5.79. The molecule has 0 aromatic rings. The lowest BCUT2D eigenvalue weighted by molar-refractivity contribution is -0.137. The molecule has 0 saturated heterocycles. The summed E-state index contributed by atoms with van der Waals surface area (Å²) in [5, 5.41) is 0. The van der Waals surface area contributed by atoms with Crippen LogP contribution in [0, 0.1) is 23.2 Å². The summed E-state index contributed by atoms with van der Waals surface area (Å²) >= 11 is 0. The molecule has 0 atom stereocenters. The van der Waals surface area contributed by atoms with Gasteiger partial charge in [-0.1, -0.05) is 0 Å². The Morgan fingerprint density at radius 3 is 2.00 bits per heavy atom. The molecule has 0 spiro atoms. The van der Waals surface area contributed by atoms with Gasteiger partial charge in [-0.3, -0.25) is 4.79 Å². The average Bonchev–Trinajstić information content (AvgIpc) is 3.05. The summed E-state index contributed by atoms with van der Waals surface area (Å²) in [6.07, 6.45) is 10.3. The molecule has 2 N–H and O–H groups in total. The first-order valence-corrected chi connectivity index (χ1v) is 8.03. The van der Waals surface area contributed by atoms with E-state index in [-0.39, 0.29) is 5.91 Å². The van der Waals surface area contributed by atoms with E-state index in [1.165, 1.54) is 38.5 Å². The van der Waals surface area contributed by atoms with Crippen LogP contribution in [0.3, 0.4) is 0 Å². The summed E-state index contributed by atoms with van der Waals surface area (Å²) in [6.45, 7) is 0.967. The van der Waals surface area contributed by atoms with Gasteiger partial charge >= 0.3 is 0 Å². The van der Waals surface area contributed by atoms with Gasteiger partial charge < -0.3 is 10.6 Å². The summed E-state index contributed by atoms with van der Waals surface area (Å²) in [5.74, 6) is 3.08. The molecule has 0 heterocycles. The number of hydrogen-bond acceptors (Lipinski definition) is 2. The zero-order valence-corrected chi connectivity index (χ0v) is 12.0. The largest absolute Gasteiger partial charge is 0.344 e. The second-order valence-corrected chi connectivity index (χ2v) is 8.23. The van der Waals surface area contributed by atoms with Crippen molar-refractivity contribution in [2.45, 2.75) is 56.9 Å². The van der Waals surface area contributed by atoms with E-state index in [4.69, 9.17) is 5.73 Å². The molecule has 19 heavy (non-hydrogen) atoms. The van der Waals surface area contributed by atoms with Gasteiger partial charge in [0.05, 0.1) is 5.54 Å². The normalized spacial score (nSPS) is 45.3. The maximum absolute atomic E-state index is 12.4. The number of carbonyl (C=O) groups excluding carboxylic acids is 1. The Balaban J connectivity index is 1.48. The van der Waals surface area contributed by atoms with E-state index in [9.17, 15) is 4.79 Å². The van der Waals surface area contributed by atoms with E-state index in [0.717, 1.165) is 37.1 Å². The van der Waals surface area contributed by atoms with Crippen LogP contribution in [0.15, 0.2) is 0 Å². The van der Waals surface area contributed by atoms with Crippen molar-refractivity contribution in [3.63, 3.8) is 0 Å². The van der Waals surface area contributed by atoms with Gasteiger partial charge in [0.25, 0.3) is 0 Å². The molecule has 106 valence electrons. The van der Waals surface area contributed by atoms with Crippen molar-refractivity contribution in [3.8, 4) is 0 Å². The molecule has 1 amide bonds. The third-order valence-electron chi connectivity index (χ3n) is 6.30. The minimum Gasteiger partial charge on any atom is -0.344 e. The number of nitrogens with two attached hydrogens (primary N) is 1. The van der Waals surface area contributed by atoms with E-state index in [1.54, 1.807) is 0 Å². The number of carbonyl (C=O) groups is 1. The number of hydrogen-bond donors (Lipinski definition) is 1. The highest BCUT2D eigenvalue weighted by atomic mass is 16.2.